The molecule has 0 unspecified atom stereocenters. The zero-order valence-electron chi connectivity index (χ0n) is 15.8. The molecule has 6 nitrogen and oxygen atoms in total. The van der Waals surface area contributed by atoms with Gasteiger partial charge in [0.1, 0.15) is 0 Å². The van der Waals surface area contributed by atoms with Crippen LogP contribution in [0.1, 0.15) is 26.3 Å². The zero-order valence-corrected chi connectivity index (χ0v) is 15.8. The van der Waals surface area contributed by atoms with Gasteiger partial charge in [-0.2, -0.15) is 0 Å². The molecule has 25 heavy (non-hydrogen) atoms. The molecule has 2 amide bonds. The molecule has 0 bridgehead atoms. The van der Waals surface area contributed by atoms with Crippen LogP contribution in [0, 0.1) is 6.92 Å². The van der Waals surface area contributed by atoms with Gasteiger partial charge >= 0.3 is 0 Å². The topological polar surface area (TPSA) is 55.9 Å². The first-order valence-corrected chi connectivity index (χ1v) is 9.09. The molecule has 0 spiro atoms. The van der Waals surface area contributed by atoms with Crippen molar-refractivity contribution in [3.63, 3.8) is 0 Å². The van der Waals surface area contributed by atoms with E-state index in [2.05, 4.69) is 43.1 Å². The number of piperazine rings is 1. The van der Waals surface area contributed by atoms with Crippen LogP contribution in [-0.2, 0) is 9.59 Å². The maximum Gasteiger partial charge on any atom is 0.241 e. The minimum atomic E-state index is 0.0779. The van der Waals surface area contributed by atoms with Crippen LogP contribution in [0.3, 0.4) is 0 Å². The maximum atomic E-state index is 12.4. The molecule has 1 saturated heterocycles. The molecule has 1 aromatic carbocycles. The summed E-state index contributed by atoms with van der Waals surface area (Å²) in [4.78, 5) is 29.6. The van der Waals surface area contributed by atoms with Gasteiger partial charge < -0.3 is 20.0 Å². The Morgan fingerprint density at radius 3 is 2.20 bits per heavy atom. The molecule has 0 aromatic heterocycles. The van der Waals surface area contributed by atoms with Crippen LogP contribution >= 0.6 is 0 Å². The second kappa shape index (κ2) is 8.74. The molecule has 1 aromatic rings. The number of benzene rings is 1. The number of amides is 2. The second-order valence-corrected chi connectivity index (χ2v) is 6.41. The molecule has 138 valence electrons. The summed E-state index contributed by atoms with van der Waals surface area (Å²) in [6.07, 6.45) is 0. The molecule has 1 N–H and O–H groups in total. The Kier molecular flexibility index (Phi) is 6.67. The smallest absolute Gasteiger partial charge is 0.241 e. The molecule has 0 radical (unpaired) electrons. The fraction of sp³-hybridized carbons (Fsp3) is 0.579. The lowest BCUT2D eigenvalue weighted by Crippen LogP contribution is -2.51. The number of rotatable bonds is 6. The van der Waals surface area contributed by atoms with Gasteiger partial charge in [-0.15, -0.1) is 0 Å². The number of hydrogen-bond acceptors (Lipinski definition) is 4. The number of nitrogens with one attached hydrogen (secondary N) is 1. The molecule has 0 saturated carbocycles. The van der Waals surface area contributed by atoms with Gasteiger partial charge in [0.05, 0.1) is 6.54 Å². The van der Waals surface area contributed by atoms with Gasteiger partial charge in [-0.3, -0.25) is 9.59 Å². The van der Waals surface area contributed by atoms with Crippen LogP contribution in [-0.4, -0.2) is 67.4 Å². The Balaban J connectivity index is 1.89. The van der Waals surface area contributed by atoms with Gasteiger partial charge in [-0.25, -0.2) is 0 Å². The highest BCUT2D eigenvalue weighted by atomic mass is 16.2. The molecule has 1 heterocycles. The van der Waals surface area contributed by atoms with Gasteiger partial charge in [0.25, 0.3) is 0 Å². The lowest BCUT2D eigenvalue weighted by atomic mass is 10.1. The quantitative estimate of drug-likeness (QED) is 0.855. The van der Waals surface area contributed by atoms with Crippen LogP contribution in [0.15, 0.2) is 18.2 Å². The normalized spacial score (nSPS) is 14.4. The highest BCUT2D eigenvalue weighted by molar-refractivity contribution is 5.82. The van der Waals surface area contributed by atoms with E-state index in [0.717, 1.165) is 24.3 Å². The summed E-state index contributed by atoms with van der Waals surface area (Å²) in [6.45, 7) is 12.6. The number of carbonyl (C=O) groups is 2. The van der Waals surface area contributed by atoms with Crippen molar-refractivity contribution in [2.75, 3.05) is 56.0 Å². The summed E-state index contributed by atoms with van der Waals surface area (Å²) in [5, 5.41) is 3.26. The Morgan fingerprint density at radius 2 is 1.68 bits per heavy atom. The van der Waals surface area contributed by atoms with E-state index >= 15 is 0 Å². The van der Waals surface area contributed by atoms with E-state index in [1.807, 2.05) is 11.0 Å². The number of nitrogens with zero attached hydrogens (tertiary/aromatic N) is 3. The summed E-state index contributed by atoms with van der Waals surface area (Å²) in [6, 6.07) is 6.30. The summed E-state index contributed by atoms with van der Waals surface area (Å²) in [7, 11) is 0. The third-order valence-electron chi connectivity index (χ3n) is 4.85. The maximum absolute atomic E-state index is 12.4. The highest BCUT2D eigenvalue weighted by Gasteiger charge is 2.22. The Hall–Kier alpha value is -2.24. The van der Waals surface area contributed by atoms with Crippen LogP contribution in [0.5, 0.6) is 0 Å². The lowest BCUT2D eigenvalue weighted by Gasteiger charge is -2.34. The largest absolute Gasteiger partial charge is 0.376 e. The predicted octanol–water partition coefficient (Wildman–Crippen LogP) is 1.94. The van der Waals surface area contributed by atoms with E-state index < -0.39 is 0 Å². The molecular weight excluding hydrogens is 316 g/mol. The van der Waals surface area contributed by atoms with Crippen molar-refractivity contribution in [2.45, 2.75) is 27.7 Å². The van der Waals surface area contributed by atoms with Gasteiger partial charge in [-0.1, -0.05) is 0 Å². The van der Waals surface area contributed by atoms with E-state index in [1.54, 1.807) is 11.8 Å². The first kappa shape index (κ1) is 19.1. The Morgan fingerprint density at radius 1 is 1.08 bits per heavy atom. The lowest BCUT2D eigenvalue weighted by molar-refractivity contribution is -0.137. The molecule has 2 rings (SSSR count). The molecule has 1 aliphatic rings. The van der Waals surface area contributed by atoms with E-state index in [-0.39, 0.29) is 18.4 Å². The number of hydrogen-bond donors (Lipinski definition) is 1. The number of anilines is 2. The first-order valence-electron chi connectivity index (χ1n) is 9.09. The molecule has 0 atom stereocenters. The standard InChI is InChI=1S/C19H30N4O2/c1-5-21(6-2)17-7-8-18(15(3)13-17)20-14-19(25)23-11-9-22(10-12-23)16(4)24/h7-8,13,20H,5-6,9-12,14H2,1-4H3. The summed E-state index contributed by atoms with van der Waals surface area (Å²) in [5.41, 5.74) is 3.34. The van der Waals surface area contributed by atoms with Crippen molar-refractivity contribution in [2.24, 2.45) is 0 Å². The molecule has 1 fully saturated rings. The highest BCUT2D eigenvalue weighted by Crippen LogP contribution is 2.22. The second-order valence-electron chi connectivity index (χ2n) is 6.41. The van der Waals surface area contributed by atoms with Crippen molar-refractivity contribution in [1.82, 2.24) is 9.80 Å². The molecule has 1 aliphatic heterocycles. The van der Waals surface area contributed by atoms with Crippen molar-refractivity contribution >= 4 is 23.2 Å². The van der Waals surface area contributed by atoms with E-state index in [9.17, 15) is 9.59 Å². The fourth-order valence-corrected chi connectivity index (χ4v) is 3.19. The monoisotopic (exact) mass is 346 g/mol. The van der Waals surface area contributed by atoms with E-state index in [4.69, 9.17) is 0 Å². The average Bonchev–Trinajstić information content (AvgIpc) is 2.62. The fourth-order valence-electron chi connectivity index (χ4n) is 3.19. The molecular formula is C19H30N4O2. The summed E-state index contributed by atoms with van der Waals surface area (Å²) < 4.78 is 0. The minimum absolute atomic E-state index is 0.0779. The number of aryl methyl sites for hydroxylation is 1. The summed E-state index contributed by atoms with van der Waals surface area (Å²) >= 11 is 0. The average molecular weight is 346 g/mol. The van der Waals surface area contributed by atoms with Gasteiger partial charge in [0.15, 0.2) is 0 Å². The van der Waals surface area contributed by atoms with E-state index in [0.29, 0.717) is 26.2 Å². The zero-order chi connectivity index (χ0) is 18.4. The van der Waals surface area contributed by atoms with Gasteiger partial charge in [0.2, 0.25) is 11.8 Å². The molecule has 0 aliphatic carbocycles. The van der Waals surface area contributed by atoms with Crippen molar-refractivity contribution < 1.29 is 9.59 Å². The predicted molar refractivity (Wildman–Crippen MR) is 102 cm³/mol. The Labute approximate surface area is 150 Å². The Bertz CT molecular complexity index is 605. The third-order valence-corrected chi connectivity index (χ3v) is 4.85. The minimum Gasteiger partial charge on any atom is -0.376 e. The van der Waals surface area contributed by atoms with Gasteiger partial charge in [0, 0.05) is 57.6 Å². The first-order chi connectivity index (χ1) is 12.0. The van der Waals surface area contributed by atoms with Crippen molar-refractivity contribution in [1.29, 1.82) is 0 Å². The SMILES string of the molecule is CCN(CC)c1ccc(NCC(=O)N2CCN(C(C)=O)CC2)c(C)c1. The van der Waals surface area contributed by atoms with Crippen LogP contribution in [0.2, 0.25) is 0 Å². The van der Waals surface area contributed by atoms with Crippen molar-refractivity contribution in [3.05, 3.63) is 23.8 Å². The van der Waals surface area contributed by atoms with Crippen molar-refractivity contribution in [3.8, 4) is 0 Å². The third kappa shape index (κ3) is 4.87. The molecule has 6 heteroatoms. The van der Waals surface area contributed by atoms with Crippen LogP contribution < -0.4 is 10.2 Å². The van der Waals surface area contributed by atoms with Crippen LogP contribution in [0.25, 0.3) is 0 Å². The van der Waals surface area contributed by atoms with Crippen LogP contribution in [0.4, 0.5) is 11.4 Å². The number of carbonyl (C=O) groups excluding carboxylic acids is 2. The van der Waals surface area contributed by atoms with E-state index in [1.165, 1.54) is 5.69 Å². The summed E-state index contributed by atoms with van der Waals surface area (Å²) in [5.74, 6) is 0.157. The van der Waals surface area contributed by atoms with Gasteiger partial charge in [-0.05, 0) is 44.5 Å².